The number of rotatable bonds is 16. The van der Waals surface area contributed by atoms with Gasteiger partial charge in [-0.1, -0.05) is 66.2 Å². The summed E-state index contributed by atoms with van der Waals surface area (Å²) in [4.78, 5) is 41.1. The SMILES string of the molecule is CCN(C(=O)C(CCCN=C(N)N)NCCNC(=O)Cc1cccc(Cl)c1)C(C)Cc1ccc2ccccc2c1.CNC=O. The van der Waals surface area contributed by atoms with E-state index >= 15 is 0 Å². The van der Waals surface area contributed by atoms with E-state index in [1.165, 1.54) is 16.3 Å². The maximum absolute atomic E-state index is 13.7. The third kappa shape index (κ3) is 13.0. The van der Waals surface area contributed by atoms with Crippen molar-refractivity contribution >= 4 is 46.6 Å². The highest BCUT2D eigenvalue weighted by molar-refractivity contribution is 6.30. The number of aliphatic imine (C=N–C) groups is 1. The fourth-order valence-corrected chi connectivity index (χ4v) is 5.07. The molecule has 2 unspecified atom stereocenters. The molecule has 238 valence electrons. The molecule has 44 heavy (non-hydrogen) atoms. The minimum atomic E-state index is -0.418. The van der Waals surface area contributed by atoms with Gasteiger partial charge in [0.25, 0.3) is 0 Å². The van der Waals surface area contributed by atoms with E-state index in [1.54, 1.807) is 19.2 Å². The van der Waals surface area contributed by atoms with E-state index < -0.39 is 6.04 Å². The number of fused-ring (bicyclic) bond motifs is 1. The Bertz CT molecular complexity index is 1360. The number of nitrogens with zero attached hydrogens (tertiary/aromatic N) is 2. The molecule has 0 bridgehead atoms. The molecule has 0 spiro atoms. The first kappa shape index (κ1) is 36.0. The number of nitrogens with one attached hydrogen (secondary N) is 3. The topological polar surface area (TPSA) is 155 Å². The van der Waals surface area contributed by atoms with Crippen LogP contribution < -0.4 is 27.4 Å². The lowest BCUT2D eigenvalue weighted by Gasteiger charge is -2.32. The van der Waals surface area contributed by atoms with Crippen LogP contribution in [0.5, 0.6) is 0 Å². The largest absolute Gasteiger partial charge is 0.370 e. The smallest absolute Gasteiger partial charge is 0.239 e. The van der Waals surface area contributed by atoms with Crippen molar-refractivity contribution < 1.29 is 14.4 Å². The number of hydrogen-bond donors (Lipinski definition) is 5. The van der Waals surface area contributed by atoms with Gasteiger partial charge in [0.15, 0.2) is 5.96 Å². The highest BCUT2D eigenvalue weighted by Gasteiger charge is 2.26. The van der Waals surface area contributed by atoms with E-state index in [2.05, 4.69) is 58.2 Å². The number of halogens is 1. The van der Waals surface area contributed by atoms with Crippen LogP contribution in [-0.2, 0) is 27.2 Å². The zero-order valence-electron chi connectivity index (χ0n) is 25.9. The van der Waals surface area contributed by atoms with Crippen molar-refractivity contribution in [3.63, 3.8) is 0 Å². The van der Waals surface area contributed by atoms with E-state index in [1.807, 2.05) is 36.1 Å². The first-order valence-electron chi connectivity index (χ1n) is 14.9. The molecule has 7 N–H and O–H groups in total. The summed E-state index contributed by atoms with van der Waals surface area (Å²) in [7, 11) is 1.56. The standard InChI is InChI=1S/C31H41ClN6O2.C2H5NO/c1-3-38(22(2)18-24-13-14-25-9-4-5-10-26(25)19-24)30(40)28(12-7-15-37-31(33)34)35-16-17-36-29(39)21-23-8-6-11-27(32)20-23;1-3-2-4/h4-6,8-11,13-14,19-20,22,28,35H,3,7,12,15-18,21H2,1-2H3,(H,36,39)(H4,33,34,37);2H,1H3,(H,3,4). The van der Waals surface area contributed by atoms with Crippen molar-refractivity contribution in [2.75, 3.05) is 33.2 Å². The fourth-order valence-electron chi connectivity index (χ4n) is 4.86. The third-order valence-corrected chi connectivity index (χ3v) is 7.19. The molecule has 0 heterocycles. The molecular weight excluding hydrogens is 578 g/mol. The van der Waals surface area contributed by atoms with Crippen LogP contribution in [0.4, 0.5) is 0 Å². The molecule has 0 saturated heterocycles. The lowest BCUT2D eigenvalue weighted by atomic mass is 10.0. The Labute approximate surface area is 265 Å². The first-order chi connectivity index (χ1) is 21.2. The molecule has 3 amide bonds. The Hall–Kier alpha value is -4.15. The van der Waals surface area contributed by atoms with Crippen LogP contribution in [0.25, 0.3) is 10.8 Å². The molecule has 10 nitrogen and oxygen atoms in total. The summed E-state index contributed by atoms with van der Waals surface area (Å²) in [6.07, 6.45) is 2.85. The number of carbonyl (C=O) groups is 3. The average Bonchev–Trinajstić information content (AvgIpc) is 3.00. The first-order valence-corrected chi connectivity index (χ1v) is 15.2. The number of guanidine groups is 1. The van der Waals surface area contributed by atoms with Crippen molar-refractivity contribution in [2.45, 2.75) is 51.6 Å². The number of hydrogen-bond acceptors (Lipinski definition) is 5. The molecule has 2 atom stereocenters. The highest BCUT2D eigenvalue weighted by Crippen LogP contribution is 2.19. The summed E-state index contributed by atoms with van der Waals surface area (Å²) >= 11 is 6.02. The number of likely N-dealkylation sites (N-methyl/N-ethyl adjacent to an activating group) is 1. The molecule has 0 aromatic heterocycles. The van der Waals surface area contributed by atoms with Crippen molar-refractivity contribution in [3.05, 3.63) is 82.9 Å². The Kier molecular flexibility index (Phi) is 16.3. The van der Waals surface area contributed by atoms with E-state index in [-0.39, 0.29) is 30.2 Å². The second-order valence-corrected chi connectivity index (χ2v) is 10.8. The number of amides is 3. The van der Waals surface area contributed by atoms with Gasteiger partial charge in [-0.3, -0.25) is 19.4 Å². The van der Waals surface area contributed by atoms with Gasteiger partial charge < -0.3 is 32.3 Å². The van der Waals surface area contributed by atoms with Crippen LogP contribution >= 0.6 is 11.6 Å². The van der Waals surface area contributed by atoms with Crippen molar-refractivity contribution in [3.8, 4) is 0 Å². The van der Waals surface area contributed by atoms with E-state index in [9.17, 15) is 9.59 Å². The summed E-state index contributed by atoms with van der Waals surface area (Å²) in [5.74, 6) is -0.0259. The zero-order chi connectivity index (χ0) is 32.3. The van der Waals surface area contributed by atoms with Gasteiger partial charge in [0.05, 0.1) is 12.5 Å². The Balaban J connectivity index is 0.00000159. The number of carbonyl (C=O) groups excluding carboxylic acids is 3. The Morgan fingerprint density at radius 1 is 1.00 bits per heavy atom. The molecule has 3 rings (SSSR count). The summed E-state index contributed by atoms with van der Waals surface area (Å²) in [5.41, 5.74) is 13.0. The predicted octanol–water partition coefficient (Wildman–Crippen LogP) is 3.01. The van der Waals surface area contributed by atoms with E-state index in [4.69, 9.17) is 27.9 Å². The summed E-state index contributed by atoms with van der Waals surface area (Å²) < 4.78 is 0. The monoisotopic (exact) mass is 623 g/mol. The fraction of sp³-hybridized carbons (Fsp3) is 0.394. The minimum Gasteiger partial charge on any atom is -0.370 e. The van der Waals surface area contributed by atoms with Gasteiger partial charge in [-0.25, -0.2) is 0 Å². The van der Waals surface area contributed by atoms with Gasteiger partial charge in [-0.05, 0) is 67.1 Å². The molecule has 11 heteroatoms. The van der Waals surface area contributed by atoms with Gasteiger partial charge >= 0.3 is 0 Å². The molecule has 0 aliphatic carbocycles. The molecule has 0 fully saturated rings. The molecular formula is C33H46ClN7O3. The van der Waals surface area contributed by atoms with Crippen molar-refractivity contribution in [1.82, 2.24) is 20.9 Å². The Morgan fingerprint density at radius 2 is 1.73 bits per heavy atom. The summed E-state index contributed by atoms with van der Waals surface area (Å²) in [5, 5.41) is 11.5. The molecule has 3 aromatic carbocycles. The minimum absolute atomic E-state index is 0.0121. The van der Waals surface area contributed by atoms with Crippen LogP contribution in [0.15, 0.2) is 71.7 Å². The van der Waals surface area contributed by atoms with Crippen LogP contribution in [0.2, 0.25) is 5.02 Å². The maximum Gasteiger partial charge on any atom is 0.239 e. The van der Waals surface area contributed by atoms with Crippen molar-refractivity contribution in [2.24, 2.45) is 16.5 Å². The van der Waals surface area contributed by atoms with E-state index in [0.29, 0.717) is 50.5 Å². The second-order valence-electron chi connectivity index (χ2n) is 10.4. The van der Waals surface area contributed by atoms with Gasteiger partial charge in [-0.2, -0.15) is 0 Å². The highest BCUT2D eigenvalue weighted by atomic mass is 35.5. The zero-order valence-corrected chi connectivity index (χ0v) is 26.6. The predicted molar refractivity (Wildman–Crippen MR) is 179 cm³/mol. The van der Waals surface area contributed by atoms with Crippen LogP contribution in [0.1, 0.15) is 37.8 Å². The molecule has 0 saturated carbocycles. The van der Waals surface area contributed by atoms with E-state index in [0.717, 1.165) is 12.0 Å². The van der Waals surface area contributed by atoms with Gasteiger partial charge in [0, 0.05) is 44.3 Å². The number of nitrogens with two attached hydrogens (primary N) is 2. The third-order valence-electron chi connectivity index (χ3n) is 6.95. The molecule has 0 aliphatic heterocycles. The maximum atomic E-state index is 13.7. The second kappa shape index (κ2) is 19.9. The average molecular weight is 624 g/mol. The van der Waals surface area contributed by atoms with Crippen LogP contribution in [0.3, 0.4) is 0 Å². The molecule has 0 aliphatic rings. The molecule has 0 radical (unpaired) electrons. The quantitative estimate of drug-likeness (QED) is 0.0715. The molecule has 3 aromatic rings. The number of benzene rings is 3. The summed E-state index contributed by atoms with van der Waals surface area (Å²) in [6.45, 7) is 5.98. The van der Waals surface area contributed by atoms with Crippen LogP contribution in [-0.4, -0.2) is 74.4 Å². The van der Waals surface area contributed by atoms with Gasteiger partial charge in [-0.15, -0.1) is 0 Å². The van der Waals surface area contributed by atoms with Crippen LogP contribution in [0, 0.1) is 0 Å². The summed E-state index contributed by atoms with van der Waals surface area (Å²) in [6, 6.07) is 21.6. The Morgan fingerprint density at radius 3 is 2.39 bits per heavy atom. The lowest BCUT2D eigenvalue weighted by Crippen LogP contribution is -2.51. The lowest BCUT2D eigenvalue weighted by molar-refractivity contribution is -0.135. The normalized spacial score (nSPS) is 11.8. The van der Waals surface area contributed by atoms with Crippen molar-refractivity contribution in [1.29, 1.82) is 0 Å². The van der Waals surface area contributed by atoms with Gasteiger partial charge in [0.2, 0.25) is 18.2 Å². The van der Waals surface area contributed by atoms with Gasteiger partial charge in [0.1, 0.15) is 0 Å².